The Kier molecular flexibility index (Phi) is 4.99. The molecule has 2 rings (SSSR count). The molecular formula is C14H22ClN3O. The summed E-state index contributed by atoms with van der Waals surface area (Å²) < 4.78 is 0. The number of nitrogens with zero attached hydrogens (tertiary/aromatic N) is 3. The second-order valence-electron chi connectivity index (χ2n) is 5.09. The third-order valence-electron chi connectivity index (χ3n) is 3.78. The van der Waals surface area contributed by atoms with Crippen LogP contribution in [0.2, 0.25) is 5.15 Å². The minimum absolute atomic E-state index is 0.222. The molecule has 1 N–H and O–H groups in total. The molecule has 1 aromatic heterocycles. The first kappa shape index (κ1) is 14.5. The van der Waals surface area contributed by atoms with Crippen molar-refractivity contribution in [1.29, 1.82) is 0 Å². The molecule has 4 nitrogen and oxygen atoms in total. The predicted octanol–water partition coefficient (Wildman–Crippen LogP) is 2.74. The van der Waals surface area contributed by atoms with E-state index in [-0.39, 0.29) is 6.61 Å². The van der Waals surface area contributed by atoms with Crippen LogP contribution in [0.15, 0.2) is 0 Å². The van der Waals surface area contributed by atoms with Gasteiger partial charge < -0.3 is 10.0 Å². The average Bonchev–Trinajstić information content (AvgIpc) is 2.43. The summed E-state index contributed by atoms with van der Waals surface area (Å²) in [5, 5.41) is 9.77. The molecule has 106 valence electrons. The van der Waals surface area contributed by atoms with E-state index in [0.29, 0.717) is 11.2 Å². The zero-order valence-electron chi connectivity index (χ0n) is 11.7. The molecule has 0 saturated carbocycles. The summed E-state index contributed by atoms with van der Waals surface area (Å²) in [6, 6.07) is 0.369. The molecule has 5 heteroatoms. The van der Waals surface area contributed by atoms with Gasteiger partial charge in [-0.2, -0.15) is 0 Å². The Morgan fingerprint density at radius 2 is 2.16 bits per heavy atom. The van der Waals surface area contributed by atoms with Gasteiger partial charge in [0.2, 0.25) is 0 Å². The highest BCUT2D eigenvalue weighted by Crippen LogP contribution is 2.30. The van der Waals surface area contributed by atoms with Gasteiger partial charge in [-0.05, 0) is 32.6 Å². The van der Waals surface area contributed by atoms with Crippen LogP contribution >= 0.6 is 11.6 Å². The zero-order valence-corrected chi connectivity index (χ0v) is 12.4. The molecule has 1 saturated heterocycles. The molecule has 0 spiro atoms. The van der Waals surface area contributed by atoms with Crippen LogP contribution in [0, 0.1) is 6.92 Å². The zero-order chi connectivity index (χ0) is 13.8. The Hall–Kier alpha value is -0.870. The SMILES string of the molecule is CCc1nc(Cl)c(C)c(N2CCCCC2CCO)n1. The molecular weight excluding hydrogens is 262 g/mol. The minimum atomic E-state index is 0.222. The van der Waals surface area contributed by atoms with Crippen molar-refractivity contribution in [3.05, 3.63) is 16.5 Å². The van der Waals surface area contributed by atoms with Crippen molar-refractivity contribution in [2.24, 2.45) is 0 Å². The van der Waals surface area contributed by atoms with Crippen molar-refractivity contribution in [1.82, 2.24) is 9.97 Å². The average molecular weight is 284 g/mol. The van der Waals surface area contributed by atoms with Crippen LogP contribution in [0.3, 0.4) is 0 Å². The third-order valence-corrected chi connectivity index (χ3v) is 4.15. The Morgan fingerprint density at radius 3 is 2.84 bits per heavy atom. The van der Waals surface area contributed by atoms with Gasteiger partial charge in [-0.3, -0.25) is 0 Å². The highest BCUT2D eigenvalue weighted by atomic mass is 35.5. The summed E-state index contributed by atoms with van der Waals surface area (Å²) in [5.41, 5.74) is 0.948. The number of anilines is 1. The molecule has 0 aromatic carbocycles. The maximum Gasteiger partial charge on any atom is 0.137 e. The van der Waals surface area contributed by atoms with Crippen molar-refractivity contribution in [2.75, 3.05) is 18.1 Å². The molecule has 1 unspecified atom stereocenters. The third kappa shape index (κ3) is 3.18. The van der Waals surface area contributed by atoms with Crippen molar-refractivity contribution >= 4 is 17.4 Å². The summed E-state index contributed by atoms with van der Waals surface area (Å²) in [6.45, 7) is 5.22. The molecule has 1 atom stereocenters. The Bertz CT molecular complexity index is 437. The summed E-state index contributed by atoms with van der Waals surface area (Å²) in [6.07, 6.45) is 5.08. The van der Waals surface area contributed by atoms with E-state index in [1.54, 1.807) is 0 Å². The molecule has 0 amide bonds. The first-order valence-electron chi connectivity index (χ1n) is 7.07. The van der Waals surface area contributed by atoms with E-state index in [1.807, 2.05) is 13.8 Å². The number of aliphatic hydroxyl groups is 1. The lowest BCUT2D eigenvalue weighted by atomic mass is 9.99. The van der Waals surface area contributed by atoms with Crippen molar-refractivity contribution in [3.63, 3.8) is 0 Å². The van der Waals surface area contributed by atoms with E-state index in [9.17, 15) is 5.11 Å². The summed E-state index contributed by atoms with van der Waals surface area (Å²) in [5.74, 6) is 1.74. The molecule has 0 radical (unpaired) electrons. The van der Waals surface area contributed by atoms with Gasteiger partial charge in [-0.15, -0.1) is 0 Å². The fourth-order valence-electron chi connectivity index (χ4n) is 2.69. The molecule has 1 fully saturated rings. The number of aromatic nitrogens is 2. The van der Waals surface area contributed by atoms with E-state index in [2.05, 4.69) is 14.9 Å². The lowest BCUT2D eigenvalue weighted by Gasteiger charge is -2.37. The summed E-state index contributed by atoms with van der Waals surface area (Å²) in [7, 11) is 0. The van der Waals surface area contributed by atoms with Gasteiger partial charge in [0.15, 0.2) is 0 Å². The van der Waals surface area contributed by atoms with Crippen LogP contribution in [0.1, 0.15) is 44.0 Å². The number of hydrogen-bond donors (Lipinski definition) is 1. The van der Waals surface area contributed by atoms with Crippen LogP contribution in [0.5, 0.6) is 0 Å². The monoisotopic (exact) mass is 283 g/mol. The largest absolute Gasteiger partial charge is 0.396 e. The standard InChI is InChI=1S/C14H22ClN3O/c1-3-12-16-13(15)10(2)14(17-12)18-8-5-4-6-11(18)7-9-19/h11,19H,3-9H2,1-2H3. The van der Waals surface area contributed by atoms with E-state index >= 15 is 0 Å². The highest BCUT2D eigenvalue weighted by Gasteiger charge is 2.25. The van der Waals surface area contributed by atoms with Gasteiger partial charge in [-0.25, -0.2) is 9.97 Å². The lowest BCUT2D eigenvalue weighted by Crippen LogP contribution is -2.41. The number of aliphatic hydroxyl groups excluding tert-OH is 1. The van der Waals surface area contributed by atoms with Crippen molar-refractivity contribution in [2.45, 2.75) is 52.0 Å². The molecule has 19 heavy (non-hydrogen) atoms. The maximum absolute atomic E-state index is 9.22. The number of aryl methyl sites for hydroxylation is 1. The number of hydrogen-bond acceptors (Lipinski definition) is 4. The van der Waals surface area contributed by atoms with Gasteiger partial charge in [0.05, 0.1) is 0 Å². The smallest absolute Gasteiger partial charge is 0.137 e. The quantitative estimate of drug-likeness (QED) is 0.863. The van der Waals surface area contributed by atoms with E-state index in [4.69, 9.17) is 11.6 Å². The first-order valence-corrected chi connectivity index (χ1v) is 7.45. The topological polar surface area (TPSA) is 49.2 Å². The molecule has 1 aliphatic rings. The first-order chi connectivity index (χ1) is 9.17. The van der Waals surface area contributed by atoms with Gasteiger partial charge >= 0.3 is 0 Å². The number of rotatable bonds is 4. The number of piperidine rings is 1. The number of halogens is 1. The van der Waals surface area contributed by atoms with E-state index in [0.717, 1.165) is 43.0 Å². The second-order valence-corrected chi connectivity index (χ2v) is 5.45. The second kappa shape index (κ2) is 6.53. The summed E-state index contributed by atoms with van der Waals surface area (Å²) >= 11 is 6.21. The Balaban J connectivity index is 2.34. The van der Waals surface area contributed by atoms with E-state index in [1.165, 1.54) is 12.8 Å². The van der Waals surface area contributed by atoms with Gasteiger partial charge in [-0.1, -0.05) is 18.5 Å². The Morgan fingerprint density at radius 1 is 1.37 bits per heavy atom. The van der Waals surface area contributed by atoms with Gasteiger partial charge in [0.25, 0.3) is 0 Å². The Labute approximate surface area is 119 Å². The van der Waals surface area contributed by atoms with Crippen molar-refractivity contribution < 1.29 is 5.11 Å². The molecule has 0 aliphatic carbocycles. The van der Waals surface area contributed by atoms with Crippen molar-refractivity contribution in [3.8, 4) is 0 Å². The minimum Gasteiger partial charge on any atom is -0.396 e. The van der Waals surface area contributed by atoms with Gasteiger partial charge in [0, 0.05) is 31.2 Å². The van der Waals surface area contributed by atoms with Crippen LogP contribution < -0.4 is 4.90 Å². The molecule has 2 heterocycles. The fourth-order valence-corrected chi connectivity index (χ4v) is 2.87. The lowest BCUT2D eigenvalue weighted by molar-refractivity contribution is 0.262. The predicted molar refractivity (Wildman–Crippen MR) is 77.8 cm³/mol. The molecule has 0 bridgehead atoms. The van der Waals surface area contributed by atoms with Crippen LogP contribution in [0.4, 0.5) is 5.82 Å². The van der Waals surface area contributed by atoms with Gasteiger partial charge in [0.1, 0.15) is 16.8 Å². The fraction of sp³-hybridized carbons (Fsp3) is 0.714. The normalized spacial score (nSPS) is 19.8. The van der Waals surface area contributed by atoms with Crippen LogP contribution in [-0.2, 0) is 6.42 Å². The molecule has 1 aliphatic heterocycles. The highest BCUT2D eigenvalue weighted by molar-refractivity contribution is 6.30. The molecule has 1 aromatic rings. The van der Waals surface area contributed by atoms with Crippen LogP contribution in [-0.4, -0.2) is 34.3 Å². The summed E-state index contributed by atoms with van der Waals surface area (Å²) in [4.78, 5) is 11.3. The van der Waals surface area contributed by atoms with E-state index < -0.39 is 0 Å². The van der Waals surface area contributed by atoms with Crippen LogP contribution in [0.25, 0.3) is 0 Å². The maximum atomic E-state index is 9.22.